The first-order chi connectivity index (χ1) is 11.6. The zero-order valence-electron chi connectivity index (χ0n) is 14.4. The molecule has 0 fully saturated rings. The number of rotatable bonds is 12. The Kier molecular flexibility index (Phi) is 10.3. The summed E-state index contributed by atoms with van der Waals surface area (Å²) in [7, 11) is 0. The van der Waals surface area contributed by atoms with Crippen LogP contribution in [0.3, 0.4) is 0 Å². The second-order valence-electron chi connectivity index (χ2n) is 5.75. The van der Waals surface area contributed by atoms with Crippen molar-refractivity contribution in [3.8, 4) is 0 Å². The Labute approximate surface area is 144 Å². The van der Waals surface area contributed by atoms with Crippen LogP contribution in [0.4, 0.5) is 4.79 Å². The molecule has 134 valence electrons. The van der Waals surface area contributed by atoms with Crippen LogP contribution >= 0.6 is 0 Å². The summed E-state index contributed by atoms with van der Waals surface area (Å²) >= 11 is 0. The molecule has 6 nitrogen and oxygen atoms in total. The lowest BCUT2D eigenvalue weighted by molar-refractivity contribution is 0.0954. The number of amides is 2. The van der Waals surface area contributed by atoms with Crippen molar-refractivity contribution in [3.05, 3.63) is 35.4 Å². The van der Waals surface area contributed by atoms with Crippen molar-refractivity contribution in [2.24, 2.45) is 0 Å². The monoisotopic (exact) mass is 335 g/mol. The van der Waals surface area contributed by atoms with Gasteiger partial charge in [0.05, 0.1) is 0 Å². The SMILES string of the molecule is CCCCCCNCCNC(=O)c1ccc(CCNC(=O)O)cc1. The van der Waals surface area contributed by atoms with Crippen molar-refractivity contribution in [2.45, 2.75) is 39.0 Å². The third-order valence-electron chi connectivity index (χ3n) is 3.70. The topological polar surface area (TPSA) is 90.5 Å². The lowest BCUT2D eigenvalue weighted by atomic mass is 10.1. The highest BCUT2D eigenvalue weighted by atomic mass is 16.4. The minimum absolute atomic E-state index is 0.0852. The van der Waals surface area contributed by atoms with Gasteiger partial charge in [0.15, 0.2) is 0 Å². The highest BCUT2D eigenvalue weighted by Gasteiger charge is 2.04. The summed E-state index contributed by atoms with van der Waals surface area (Å²) in [4.78, 5) is 22.4. The molecular formula is C18H29N3O3. The van der Waals surface area contributed by atoms with Crippen molar-refractivity contribution in [1.29, 1.82) is 0 Å². The Morgan fingerprint density at radius 1 is 0.917 bits per heavy atom. The van der Waals surface area contributed by atoms with Crippen LogP contribution in [0.15, 0.2) is 24.3 Å². The number of carboxylic acid groups (broad SMARTS) is 1. The fourth-order valence-electron chi connectivity index (χ4n) is 2.30. The van der Waals surface area contributed by atoms with Gasteiger partial charge in [-0.1, -0.05) is 38.3 Å². The number of nitrogens with one attached hydrogen (secondary N) is 3. The number of unbranched alkanes of at least 4 members (excludes halogenated alkanes) is 3. The third kappa shape index (κ3) is 9.15. The Morgan fingerprint density at radius 3 is 2.33 bits per heavy atom. The largest absolute Gasteiger partial charge is 0.465 e. The van der Waals surface area contributed by atoms with Gasteiger partial charge in [-0.25, -0.2) is 4.79 Å². The van der Waals surface area contributed by atoms with E-state index >= 15 is 0 Å². The molecule has 1 aromatic rings. The normalized spacial score (nSPS) is 10.4. The van der Waals surface area contributed by atoms with Crippen LogP contribution in [0.2, 0.25) is 0 Å². The summed E-state index contributed by atoms with van der Waals surface area (Å²) in [5.74, 6) is -0.0852. The summed E-state index contributed by atoms with van der Waals surface area (Å²) in [6.07, 6.45) is 4.54. The molecule has 0 saturated carbocycles. The molecule has 4 N–H and O–H groups in total. The van der Waals surface area contributed by atoms with Crippen LogP contribution in [-0.4, -0.2) is 43.3 Å². The first-order valence-corrected chi connectivity index (χ1v) is 8.68. The van der Waals surface area contributed by atoms with Crippen LogP contribution in [-0.2, 0) is 6.42 Å². The van der Waals surface area contributed by atoms with Gasteiger partial charge in [-0.3, -0.25) is 4.79 Å². The highest BCUT2D eigenvalue weighted by Crippen LogP contribution is 2.05. The molecule has 0 unspecified atom stereocenters. The summed E-state index contributed by atoms with van der Waals surface area (Å²) in [5.41, 5.74) is 1.61. The molecule has 0 atom stereocenters. The van der Waals surface area contributed by atoms with Crippen LogP contribution in [0.1, 0.15) is 48.5 Å². The number of hydrogen-bond acceptors (Lipinski definition) is 3. The quantitative estimate of drug-likeness (QED) is 0.442. The molecule has 0 aliphatic rings. The van der Waals surface area contributed by atoms with Crippen LogP contribution < -0.4 is 16.0 Å². The first-order valence-electron chi connectivity index (χ1n) is 8.68. The standard InChI is InChI=1S/C18H29N3O3/c1-2-3-4-5-11-19-13-14-20-17(22)16-8-6-15(7-9-16)10-12-21-18(23)24/h6-9,19,21H,2-5,10-14H2,1H3,(H,20,22)(H,23,24). The molecule has 6 heteroatoms. The summed E-state index contributed by atoms with van der Waals surface area (Å²) in [6, 6.07) is 7.24. The Balaban J connectivity index is 2.17. The molecule has 0 radical (unpaired) electrons. The van der Waals surface area contributed by atoms with Crippen molar-refractivity contribution in [1.82, 2.24) is 16.0 Å². The van der Waals surface area contributed by atoms with E-state index in [9.17, 15) is 9.59 Å². The van der Waals surface area contributed by atoms with E-state index < -0.39 is 6.09 Å². The van der Waals surface area contributed by atoms with Crippen LogP contribution in [0, 0.1) is 0 Å². The minimum atomic E-state index is -1.02. The summed E-state index contributed by atoms with van der Waals surface area (Å²) < 4.78 is 0. The minimum Gasteiger partial charge on any atom is -0.465 e. The van der Waals surface area contributed by atoms with Gasteiger partial charge < -0.3 is 21.1 Å². The molecule has 0 aliphatic carbocycles. The van der Waals surface area contributed by atoms with Crippen LogP contribution in [0.25, 0.3) is 0 Å². The zero-order valence-corrected chi connectivity index (χ0v) is 14.4. The number of hydrogen-bond donors (Lipinski definition) is 4. The molecule has 1 rings (SSSR count). The van der Waals surface area contributed by atoms with E-state index in [0.29, 0.717) is 25.1 Å². The fraction of sp³-hybridized carbons (Fsp3) is 0.556. The van der Waals surface area contributed by atoms with E-state index in [1.165, 1.54) is 25.7 Å². The molecule has 0 heterocycles. The van der Waals surface area contributed by atoms with E-state index in [1.807, 2.05) is 12.1 Å². The fourth-order valence-corrected chi connectivity index (χ4v) is 2.30. The first kappa shape index (κ1) is 20.0. The van der Waals surface area contributed by atoms with Gasteiger partial charge in [0.25, 0.3) is 5.91 Å². The maximum absolute atomic E-state index is 12.0. The highest BCUT2D eigenvalue weighted by molar-refractivity contribution is 5.94. The van der Waals surface area contributed by atoms with Gasteiger partial charge in [0.1, 0.15) is 0 Å². The second kappa shape index (κ2) is 12.4. The van der Waals surface area contributed by atoms with Gasteiger partial charge in [-0.05, 0) is 37.1 Å². The predicted octanol–water partition coefficient (Wildman–Crippen LogP) is 2.40. The van der Waals surface area contributed by atoms with Gasteiger partial charge in [-0.15, -0.1) is 0 Å². The van der Waals surface area contributed by atoms with Gasteiger partial charge in [0.2, 0.25) is 0 Å². The number of benzene rings is 1. The maximum Gasteiger partial charge on any atom is 0.404 e. The van der Waals surface area contributed by atoms with Crippen LogP contribution in [0.5, 0.6) is 0 Å². The molecule has 0 aromatic heterocycles. The Morgan fingerprint density at radius 2 is 1.67 bits per heavy atom. The molecule has 24 heavy (non-hydrogen) atoms. The molecule has 0 saturated heterocycles. The van der Waals surface area contributed by atoms with Crippen molar-refractivity contribution >= 4 is 12.0 Å². The van der Waals surface area contributed by atoms with E-state index in [4.69, 9.17) is 5.11 Å². The molecular weight excluding hydrogens is 306 g/mol. The summed E-state index contributed by atoms with van der Waals surface area (Å²) in [6.45, 7) is 4.94. The summed E-state index contributed by atoms with van der Waals surface area (Å²) in [5, 5.41) is 17.0. The molecule has 0 bridgehead atoms. The number of carbonyl (C=O) groups excluding carboxylic acids is 1. The van der Waals surface area contributed by atoms with E-state index in [1.54, 1.807) is 12.1 Å². The molecule has 2 amide bonds. The smallest absolute Gasteiger partial charge is 0.404 e. The maximum atomic E-state index is 12.0. The van der Waals surface area contributed by atoms with Crippen molar-refractivity contribution in [2.75, 3.05) is 26.2 Å². The Hall–Kier alpha value is -2.08. The van der Waals surface area contributed by atoms with Gasteiger partial charge in [0, 0.05) is 25.2 Å². The predicted molar refractivity (Wildman–Crippen MR) is 95.5 cm³/mol. The van der Waals surface area contributed by atoms with Gasteiger partial charge >= 0.3 is 6.09 Å². The van der Waals surface area contributed by atoms with Crippen molar-refractivity contribution < 1.29 is 14.7 Å². The second-order valence-corrected chi connectivity index (χ2v) is 5.75. The Bertz CT molecular complexity index is 489. The average molecular weight is 335 g/mol. The molecule has 1 aromatic carbocycles. The van der Waals surface area contributed by atoms with Crippen molar-refractivity contribution in [3.63, 3.8) is 0 Å². The molecule has 0 aliphatic heterocycles. The zero-order chi connectivity index (χ0) is 17.6. The van der Waals surface area contributed by atoms with E-state index in [0.717, 1.165) is 18.7 Å². The molecule has 0 spiro atoms. The van der Waals surface area contributed by atoms with E-state index in [-0.39, 0.29) is 5.91 Å². The lowest BCUT2D eigenvalue weighted by Crippen LogP contribution is -2.32. The van der Waals surface area contributed by atoms with E-state index in [2.05, 4.69) is 22.9 Å². The third-order valence-corrected chi connectivity index (χ3v) is 3.70. The lowest BCUT2D eigenvalue weighted by Gasteiger charge is -2.08. The van der Waals surface area contributed by atoms with Gasteiger partial charge in [-0.2, -0.15) is 0 Å². The average Bonchev–Trinajstić information content (AvgIpc) is 2.57. The number of carbonyl (C=O) groups is 2.